The van der Waals surface area contributed by atoms with Crippen LogP contribution >= 0.6 is 0 Å². The number of aromatic nitrogens is 2. The highest BCUT2D eigenvalue weighted by atomic mass is 16.5. The summed E-state index contributed by atoms with van der Waals surface area (Å²) in [5, 5.41) is 3.13. The molecule has 1 saturated carbocycles. The molecule has 4 rings (SSSR count). The summed E-state index contributed by atoms with van der Waals surface area (Å²) in [5.41, 5.74) is 4.43. The molecule has 30 heavy (non-hydrogen) atoms. The van der Waals surface area contributed by atoms with Crippen molar-refractivity contribution in [2.24, 2.45) is 5.92 Å². The van der Waals surface area contributed by atoms with Crippen LogP contribution in [-0.2, 0) is 17.9 Å². The number of fused-ring (bicyclic) bond motifs is 1. The van der Waals surface area contributed by atoms with Crippen LogP contribution < -0.4 is 10.1 Å². The number of hydrogen-bond donors (Lipinski definition) is 1. The zero-order valence-electron chi connectivity index (χ0n) is 18.0. The van der Waals surface area contributed by atoms with E-state index in [0.717, 1.165) is 48.3 Å². The molecule has 1 heterocycles. The van der Waals surface area contributed by atoms with Gasteiger partial charge in [-0.2, -0.15) is 0 Å². The maximum atomic E-state index is 12.6. The van der Waals surface area contributed by atoms with Crippen LogP contribution in [0.3, 0.4) is 0 Å². The number of imidazole rings is 1. The number of nitrogens with zero attached hydrogens (tertiary/aromatic N) is 2. The second-order valence-corrected chi connectivity index (χ2v) is 8.27. The Kier molecular flexibility index (Phi) is 6.36. The Hall–Kier alpha value is -2.82. The summed E-state index contributed by atoms with van der Waals surface area (Å²) in [6, 6.07) is 14.2. The van der Waals surface area contributed by atoms with Crippen LogP contribution in [0, 0.1) is 19.8 Å². The van der Waals surface area contributed by atoms with Gasteiger partial charge in [0.25, 0.3) is 0 Å². The third-order valence-electron chi connectivity index (χ3n) is 6.26. The van der Waals surface area contributed by atoms with Gasteiger partial charge < -0.3 is 14.6 Å². The van der Waals surface area contributed by atoms with E-state index < -0.39 is 0 Å². The van der Waals surface area contributed by atoms with Crippen LogP contribution in [0.1, 0.15) is 49.1 Å². The van der Waals surface area contributed by atoms with E-state index >= 15 is 0 Å². The van der Waals surface area contributed by atoms with Crippen molar-refractivity contribution in [3.8, 4) is 5.75 Å². The second kappa shape index (κ2) is 9.33. The molecule has 1 aliphatic rings. The molecule has 1 amide bonds. The summed E-state index contributed by atoms with van der Waals surface area (Å²) >= 11 is 0. The maximum absolute atomic E-state index is 12.6. The Morgan fingerprint density at radius 1 is 1.10 bits per heavy atom. The molecule has 1 aromatic heterocycles. The van der Waals surface area contributed by atoms with Crippen molar-refractivity contribution in [3.05, 3.63) is 59.4 Å². The minimum absolute atomic E-state index is 0.157. The third kappa shape index (κ3) is 4.50. The van der Waals surface area contributed by atoms with Gasteiger partial charge in [-0.25, -0.2) is 4.98 Å². The van der Waals surface area contributed by atoms with Gasteiger partial charge >= 0.3 is 0 Å². The number of aryl methyl sites for hydroxylation is 1. The molecular formula is C25H31N3O2. The van der Waals surface area contributed by atoms with Gasteiger partial charge in [-0.05, 0) is 56.0 Å². The molecule has 0 aliphatic heterocycles. The first-order valence-electron chi connectivity index (χ1n) is 11.0. The predicted molar refractivity (Wildman–Crippen MR) is 120 cm³/mol. The van der Waals surface area contributed by atoms with Crippen LogP contribution in [0.2, 0.25) is 0 Å². The Labute approximate surface area is 178 Å². The number of carbonyl (C=O) groups excluding carboxylic acids is 1. The summed E-state index contributed by atoms with van der Waals surface area (Å²) in [6.45, 7) is 5.87. The predicted octanol–water partition coefficient (Wildman–Crippen LogP) is 4.93. The van der Waals surface area contributed by atoms with Crippen molar-refractivity contribution < 1.29 is 9.53 Å². The van der Waals surface area contributed by atoms with Gasteiger partial charge in [-0.1, -0.05) is 43.5 Å². The number of benzene rings is 2. The summed E-state index contributed by atoms with van der Waals surface area (Å²) in [5.74, 6) is 2.13. The zero-order chi connectivity index (χ0) is 20.9. The van der Waals surface area contributed by atoms with Crippen LogP contribution in [0.5, 0.6) is 5.75 Å². The number of ether oxygens (including phenoxy) is 1. The minimum Gasteiger partial charge on any atom is -0.491 e. The first-order valence-corrected chi connectivity index (χ1v) is 11.0. The van der Waals surface area contributed by atoms with E-state index in [4.69, 9.17) is 9.72 Å². The highest BCUT2D eigenvalue weighted by Crippen LogP contribution is 2.24. The monoisotopic (exact) mass is 405 g/mol. The van der Waals surface area contributed by atoms with Gasteiger partial charge in [0.1, 0.15) is 18.2 Å². The van der Waals surface area contributed by atoms with Crippen LogP contribution in [-0.4, -0.2) is 22.1 Å². The van der Waals surface area contributed by atoms with E-state index in [1.807, 2.05) is 30.3 Å². The van der Waals surface area contributed by atoms with Crippen LogP contribution in [0.15, 0.2) is 42.5 Å². The number of carbonyl (C=O) groups is 1. The van der Waals surface area contributed by atoms with Crippen LogP contribution in [0.25, 0.3) is 11.0 Å². The molecule has 1 fully saturated rings. The number of nitrogens with one attached hydrogen (secondary N) is 1. The molecule has 1 aliphatic carbocycles. The summed E-state index contributed by atoms with van der Waals surface area (Å²) in [4.78, 5) is 17.4. The Morgan fingerprint density at radius 3 is 2.73 bits per heavy atom. The molecule has 0 saturated heterocycles. The normalized spacial score (nSPS) is 14.7. The number of rotatable bonds is 7. The lowest BCUT2D eigenvalue weighted by molar-refractivity contribution is -0.126. The zero-order valence-corrected chi connectivity index (χ0v) is 18.0. The van der Waals surface area contributed by atoms with Crippen LogP contribution in [0.4, 0.5) is 0 Å². The van der Waals surface area contributed by atoms with Gasteiger partial charge in [0.2, 0.25) is 5.91 Å². The smallest absolute Gasteiger partial charge is 0.223 e. The fraction of sp³-hybridized carbons (Fsp3) is 0.440. The van der Waals surface area contributed by atoms with E-state index in [1.54, 1.807) is 0 Å². The van der Waals surface area contributed by atoms with E-state index in [2.05, 4.69) is 35.9 Å². The summed E-state index contributed by atoms with van der Waals surface area (Å²) in [6.07, 6.45) is 5.58. The van der Waals surface area contributed by atoms with Gasteiger partial charge in [0.05, 0.1) is 24.1 Å². The van der Waals surface area contributed by atoms with Gasteiger partial charge in [0.15, 0.2) is 0 Å². The molecule has 5 nitrogen and oxygen atoms in total. The molecule has 158 valence electrons. The van der Waals surface area contributed by atoms with E-state index in [0.29, 0.717) is 19.7 Å². The van der Waals surface area contributed by atoms with Crippen molar-refractivity contribution in [1.29, 1.82) is 0 Å². The second-order valence-electron chi connectivity index (χ2n) is 8.27. The lowest BCUT2D eigenvalue weighted by Gasteiger charge is -2.20. The largest absolute Gasteiger partial charge is 0.491 e. The first-order chi connectivity index (χ1) is 14.6. The van der Waals surface area contributed by atoms with Crippen molar-refractivity contribution in [1.82, 2.24) is 14.9 Å². The molecule has 0 unspecified atom stereocenters. The number of para-hydroxylation sites is 2. The Balaban J connectivity index is 1.46. The van der Waals surface area contributed by atoms with Gasteiger partial charge in [-0.3, -0.25) is 4.79 Å². The SMILES string of the molecule is Cc1cccc(OCCn2c(CNC(=O)C3CCCCC3)nc3ccccc32)c1C. The first kappa shape index (κ1) is 20.5. The van der Waals surface area contributed by atoms with Gasteiger partial charge in [0, 0.05) is 5.92 Å². The van der Waals surface area contributed by atoms with Crippen molar-refractivity contribution in [2.75, 3.05) is 6.61 Å². The molecular weight excluding hydrogens is 374 g/mol. The molecule has 3 aromatic rings. The molecule has 0 atom stereocenters. The Bertz CT molecular complexity index is 1020. The Morgan fingerprint density at radius 2 is 1.90 bits per heavy atom. The molecule has 1 N–H and O–H groups in total. The average Bonchev–Trinajstić information content (AvgIpc) is 3.13. The highest BCUT2D eigenvalue weighted by Gasteiger charge is 2.21. The molecule has 2 aromatic carbocycles. The molecule has 0 spiro atoms. The number of amides is 1. The number of hydrogen-bond acceptors (Lipinski definition) is 3. The average molecular weight is 406 g/mol. The quantitative estimate of drug-likeness (QED) is 0.606. The standard InChI is InChI=1S/C25H31N3O2/c1-18-9-8-14-23(19(18)2)30-16-15-28-22-13-7-6-12-21(22)27-24(28)17-26-25(29)20-10-4-3-5-11-20/h6-9,12-14,20H,3-5,10-11,15-17H2,1-2H3,(H,26,29). The molecule has 0 bridgehead atoms. The summed E-state index contributed by atoms with van der Waals surface area (Å²) in [7, 11) is 0. The van der Waals surface area contributed by atoms with E-state index in [1.165, 1.54) is 17.5 Å². The molecule has 5 heteroatoms. The third-order valence-corrected chi connectivity index (χ3v) is 6.26. The maximum Gasteiger partial charge on any atom is 0.223 e. The van der Waals surface area contributed by atoms with Gasteiger partial charge in [-0.15, -0.1) is 0 Å². The fourth-order valence-corrected chi connectivity index (χ4v) is 4.31. The summed E-state index contributed by atoms with van der Waals surface area (Å²) < 4.78 is 8.25. The lowest BCUT2D eigenvalue weighted by Crippen LogP contribution is -2.32. The van der Waals surface area contributed by atoms with Crippen molar-refractivity contribution in [2.45, 2.75) is 59.0 Å². The van der Waals surface area contributed by atoms with E-state index in [9.17, 15) is 4.79 Å². The van der Waals surface area contributed by atoms with Crippen molar-refractivity contribution in [3.63, 3.8) is 0 Å². The molecule has 0 radical (unpaired) electrons. The van der Waals surface area contributed by atoms with E-state index in [-0.39, 0.29) is 11.8 Å². The lowest BCUT2D eigenvalue weighted by atomic mass is 9.89. The van der Waals surface area contributed by atoms with Crippen molar-refractivity contribution >= 4 is 16.9 Å². The highest BCUT2D eigenvalue weighted by molar-refractivity contribution is 5.79. The topological polar surface area (TPSA) is 56.1 Å². The minimum atomic E-state index is 0.157. The fourth-order valence-electron chi connectivity index (χ4n) is 4.31.